The van der Waals surface area contributed by atoms with E-state index in [9.17, 15) is 14.0 Å². The smallest absolute Gasteiger partial charge is 0.247 e. The van der Waals surface area contributed by atoms with Crippen molar-refractivity contribution in [2.24, 2.45) is 0 Å². The molecule has 0 radical (unpaired) electrons. The van der Waals surface area contributed by atoms with Crippen LogP contribution in [0.1, 0.15) is 5.56 Å². The molecule has 1 saturated heterocycles. The third-order valence-electron chi connectivity index (χ3n) is 3.84. The van der Waals surface area contributed by atoms with E-state index in [-0.39, 0.29) is 17.6 Å². The van der Waals surface area contributed by atoms with Crippen LogP contribution in [0, 0.1) is 5.82 Å². The van der Waals surface area contributed by atoms with Crippen molar-refractivity contribution in [2.75, 3.05) is 11.1 Å². The summed E-state index contributed by atoms with van der Waals surface area (Å²) in [6.45, 7) is 0. The Morgan fingerprint density at radius 2 is 2.08 bits per heavy atom. The van der Waals surface area contributed by atoms with Crippen LogP contribution in [0.5, 0.6) is 0 Å². The summed E-state index contributed by atoms with van der Waals surface area (Å²) in [6.07, 6.45) is 0.297. The molecule has 1 heterocycles. The Morgan fingerprint density at radius 3 is 2.80 bits per heavy atom. The van der Waals surface area contributed by atoms with Gasteiger partial charge < -0.3 is 10.6 Å². The van der Waals surface area contributed by atoms with Crippen LogP contribution in [0.15, 0.2) is 48.5 Å². The number of anilines is 1. The minimum atomic E-state index is -0.631. The predicted molar refractivity (Wildman–Crippen MR) is 98.4 cm³/mol. The molecule has 0 aromatic heterocycles. The highest BCUT2D eigenvalue weighted by Gasteiger charge is 2.32. The Bertz CT molecular complexity index is 802. The monoisotopic (exact) mass is 378 g/mol. The third kappa shape index (κ3) is 4.52. The number of benzene rings is 2. The zero-order chi connectivity index (χ0) is 17.8. The zero-order valence-corrected chi connectivity index (χ0v) is 14.7. The fourth-order valence-electron chi connectivity index (χ4n) is 2.55. The number of thioether (sulfide) groups is 1. The normalized spacial score (nSPS) is 20.0. The van der Waals surface area contributed by atoms with E-state index >= 15 is 0 Å². The van der Waals surface area contributed by atoms with Crippen LogP contribution in [-0.4, -0.2) is 28.9 Å². The number of rotatable bonds is 4. The Hall–Kier alpha value is -2.05. The molecule has 0 saturated carbocycles. The summed E-state index contributed by atoms with van der Waals surface area (Å²) in [4.78, 5) is 24.6. The first-order chi connectivity index (χ1) is 12.0. The molecule has 1 aliphatic rings. The van der Waals surface area contributed by atoms with E-state index < -0.39 is 11.3 Å². The first-order valence-electron chi connectivity index (χ1n) is 7.75. The molecule has 1 fully saturated rings. The Kier molecular flexibility index (Phi) is 5.60. The minimum absolute atomic E-state index is 0.259. The number of nitrogens with one attached hydrogen (secondary N) is 2. The van der Waals surface area contributed by atoms with Gasteiger partial charge in [0.05, 0.1) is 5.25 Å². The maximum Gasteiger partial charge on any atom is 0.247 e. The van der Waals surface area contributed by atoms with E-state index in [1.807, 2.05) is 0 Å². The lowest BCUT2D eigenvalue weighted by Crippen LogP contribution is -2.52. The minimum Gasteiger partial charge on any atom is -0.343 e. The van der Waals surface area contributed by atoms with Crippen molar-refractivity contribution >= 4 is 40.9 Å². The van der Waals surface area contributed by atoms with Gasteiger partial charge in [-0.15, -0.1) is 11.8 Å². The van der Waals surface area contributed by atoms with Crippen molar-refractivity contribution < 1.29 is 14.0 Å². The lowest BCUT2D eigenvalue weighted by molar-refractivity contribution is -0.126. The van der Waals surface area contributed by atoms with E-state index in [0.717, 1.165) is 0 Å². The number of carbonyl (C=O) groups is 2. The van der Waals surface area contributed by atoms with Crippen LogP contribution in [0.4, 0.5) is 10.1 Å². The first kappa shape index (κ1) is 17.8. The van der Waals surface area contributed by atoms with Gasteiger partial charge in [0, 0.05) is 16.5 Å². The molecule has 2 atom stereocenters. The van der Waals surface area contributed by atoms with Crippen molar-refractivity contribution in [3.8, 4) is 0 Å². The molecule has 130 valence electrons. The summed E-state index contributed by atoms with van der Waals surface area (Å²) in [5.74, 6) is -0.452. The van der Waals surface area contributed by atoms with Crippen LogP contribution in [0.3, 0.4) is 0 Å². The highest BCUT2D eigenvalue weighted by atomic mass is 35.5. The summed E-state index contributed by atoms with van der Waals surface area (Å²) in [5, 5.41) is 5.56. The predicted octanol–water partition coefficient (Wildman–Crippen LogP) is 3.26. The van der Waals surface area contributed by atoms with Crippen molar-refractivity contribution in [2.45, 2.75) is 17.7 Å². The van der Waals surface area contributed by atoms with Crippen LogP contribution < -0.4 is 10.6 Å². The molecule has 3 rings (SSSR count). The number of hydrogen-bond donors (Lipinski definition) is 2. The van der Waals surface area contributed by atoms with E-state index in [2.05, 4.69) is 10.6 Å². The van der Waals surface area contributed by atoms with Crippen LogP contribution >= 0.6 is 23.4 Å². The quantitative estimate of drug-likeness (QED) is 0.858. The molecule has 4 nitrogen and oxygen atoms in total. The molecule has 0 bridgehead atoms. The molecule has 2 aromatic rings. The summed E-state index contributed by atoms with van der Waals surface area (Å²) in [7, 11) is 0. The van der Waals surface area contributed by atoms with Crippen molar-refractivity contribution in [3.63, 3.8) is 0 Å². The lowest BCUT2D eigenvalue weighted by Gasteiger charge is -2.28. The second-order valence-electron chi connectivity index (χ2n) is 5.68. The molecular formula is C18H16ClFN2O2S. The van der Waals surface area contributed by atoms with Gasteiger partial charge in [0.15, 0.2) is 0 Å². The van der Waals surface area contributed by atoms with Crippen molar-refractivity contribution in [3.05, 3.63) is 64.9 Å². The van der Waals surface area contributed by atoms with Gasteiger partial charge in [0.2, 0.25) is 11.8 Å². The molecule has 7 heteroatoms. The number of halogens is 2. The summed E-state index contributed by atoms with van der Waals surface area (Å²) >= 11 is 7.25. The highest BCUT2D eigenvalue weighted by Crippen LogP contribution is 2.24. The Labute approximate surface area is 154 Å². The molecule has 25 heavy (non-hydrogen) atoms. The second-order valence-corrected chi connectivity index (χ2v) is 7.35. The van der Waals surface area contributed by atoms with Crippen LogP contribution in [0.25, 0.3) is 0 Å². The Morgan fingerprint density at radius 1 is 1.28 bits per heavy atom. The summed E-state index contributed by atoms with van der Waals surface area (Å²) in [6, 6.07) is 12.6. The van der Waals surface area contributed by atoms with Crippen molar-refractivity contribution in [1.29, 1.82) is 0 Å². The van der Waals surface area contributed by atoms with Gasteiger partial charge >= 0.3 is 0 Å². The number of hydrogen-bond acceptors (Lipinski definition) is 3. The maximum atomic E-state index is 13.7. The fraction of sp³-hybridized carbons (Fsp3) is 0.222. The largest absolute Gasteiger partial charge is 0.343 e. The first-order valence-corrected chi connectivity index (χ1v) is 9.17. The number of carbonyl (C=O) groups excluding carboxylic acids is 2. The molecule has 1 aliphatic heterocycles. The maximum absolute atomic E-state index is 13.7. The number of amides is 2. The van der Waals surface area contributed by atoms with E-state index in [4.69, 9.17) is 11.6 Å². The average molecular weight is 379 g/mol. The van der Waals surface area contributed by atoms with Gasteiger partial charge in [0.25, 0.3) is 0 Å². The molecular weight excluding hydrogens is 363 g/mol. The van der Waals surface area contributed by atoms with Gasteiger partial charge in [-0.2, -0.15) is 0 Å². The molecule has 2 unspecified atom stereocenters. The molecule has 2 N–H and O–H groups in total. The summed E-state index contributed by atoms with van der Waals surface area (Å²) < 4.78 is 13.7. The van der Waals surface area contributed by atoms with Gasteiger partial charge in [-0.25, -0.2) is 4.39 Å². The summed E-state index contributed by atoms with van der Waals surface area (Å²) in [5.41, 5.74) is 1.07. The van der Waals surface area contributed by atoms with E-state index in [1.54, 1.807) is 42.5 Å². The molecule has 0 spiro atoms. The fourth-order valence-corrected chi connectivity index (χ4v) is 3.91. The Balaban J connectivity index is 1.59. The average Bonchev–Trinajstić information content (AvgIpc) is 2.58. The standard InChI is InChI=1S/C18H16ClFN2O2S/c19-12-5-3-6-13(9-12)21-17(23)15-10-25-16(18(24)22-15)8-11-4-1-2-7-14(11)20/h1-7,9,15-16H,8,10H2,(H,21,23)(H,22,24). The van der Waals surface area contributed by atoms with Gasteiger partial charge in [0.1, 0.15) is 11.9 Å². The second kappa shape index (κ2) is 7.89. The molecule has 2 amide bonds. The highest BCUT2D eigenvalue weighted by molar-refractivity contribution is 8.00. The van der Waals surface area contributed by atoms with Gasteiger partial charge in [-0.3, -0.25) is 9.59 Å². The lowest BCUT2D eigenvalue weighted by atomic mass is 10.1. The molecule has 0 aliphatic carbocycles. The van der Waals surface area contributed by atoms with Gasteiger partial charge in [-0.05, 0) is 36.2 Å². The molecule has 2 aromatic carbocycles. The third-order valence-corrected chi connectivity index (χ3v) is 5.39. The zero-order valence-electron chi connectivity index (χ0n) is 13.2. The van der Waals surface area contributed by atoms with E-state index in [0.29, 0.717) is 28.4 Å². The topological polar surface area (TPSA) is 58.2 Å². The van der Waals surface area contributed by atoms with Crippen LogP contribution in [0.2, 0.25) is 5.02 Å². The van der Waals surface area contributed by atoms with E-state index in [1.165, 1.54) is 17.8 Å². The van der Waals surface area contributed by atoms with Crippen molar-refractivity contribution in [1.82, 2.24) is 5.32 Å². The van der Waals surface area contributed by atoms with Gasteiger partial charge in [-0.1, -0.05) is 35.9 Å². The SMILES string of the molecule is O=C(Nc1cccc(Cl)c1)C1CSC(Cc2ccccc2F)C(=O)N1. The van der Waals surface area contributed by atoms with Crippen LogP contribution in [-0.2, 0) is 16.0 Å².